The molecule has 0 spiro atoms. The van der Waals surface area contributed by atoms with Crippen molar-refractivity contribution in [3.8, 4) is 0 Å². The molecule has 0 aromatic rings. The Morgan fingerprint density at radius 1 is 0.238 bits per heavy atom. The van der Waals surface area contributed by atoms with Crippen molar-refractivity contribution in [3.05, 3.63) is 0 Å². The van der Waals surface area contributed by atoms with Gasteiger partial charge in [0.1, 0.15) is 0 Å². The van der Waals surface area contributed by atoms with Crippen molar-refractivity contribution in [1.29, 1.82) is 0 Å². The predicted molar refractivity (Wildman–Crippen MR) is 116 cm³/mol. The molecular formula is C19H38I2. The number of halogens is 2. The van der Waals surface area contributed by atoms with E-state index in [-0.39, 0.29) is 0 Å². The summed E-state index contributed by atoms with van der Waals surface area (Å²) in [7, 11) is 0. The standard InChI is InChI=1S/C19H38I2/c20-18-16-14-12-10-8-6-4-2-1-3-5-7-9-11-13-15-17-19-21/h1-19H2. The Bertz CT molecular complexity index is 153. The molecule has 0 rings (SSSR count). The van der Waals surface area contributed by atoms with Crippen LogP contribution in [0.4, 0.5) is 0 Å². The fourth-order valence-electron chi connectivity index (χ4n) is 2.84. The summed E-state index contributed by atoms with van der Waals surface area (Å²) in [6.45, 7) is 0. The van der Waals surface area contributed by atoms with Crippen molar-refractivity contribution < 1.29 is 0 Å². The number of alkyl halides is 2. The van der Waals surface area contributed by atoms with Crippen LogP contribution in [0.5, 0.6) is 0 Å². The molecule has 21 heavy (non-hydrogen) atoms. The average molecular weight is 520 g/mol. The molecule has 0 radical (unpaired) electrons. The first kappa shape index (κ1) is 22.5. The smallest absolute Gasteiger partial charge is 0.000473 e. The Labute approximate surface area is 162 Å². The lowest BCUT2D eigenvalue weighted by Crippen LogP contribution is -1.84. The van der Waals surface area contributed by atoms with E-state index in [9.17, 15) is 0 Å². The summed E-state index contributed by atoms with van der Waals surface area (Å²) < 4.78 is 2.69. The van der Waals surface area contributed by atoms with Gasteiger partial charge in [0.05, 0.1) is 0 Å². The van der Waals surface area contributed by atoms with Gasteiger partial charge in [-0.2, -0.15) is 0 Å². The van der Waals surface area contributed by atoms with Gasteiger partial charge >= 0.3 is 0 Å². The molecule has 128 valence electrons. The Kier molecular flexibility index (Phi) is 23.0. The SMILES string of the molecule is ICCCCCCCCCCCCCCCCCCCI. The summed E-state index contributed by atoms with van der Waals surface area (Å²) in [5.41, 5.74) is 0. The van der Waals surface area contributed by atoms with Crippen LogP contribution in [0.25, 0.3) is 0 Å². The maximum absolute atomic E-state index is 2.49. The maximum Gasteiger partial charge on any atom is -0.000473 e. The molecule has 0 aromatic carbocycles. The largest absolute Gasteiger partial charge is 0.0864 e. The zero-order chi connectivity index (χ0) is 15.4. The van der Waals surface area contributed by atoms with E-state index in [2.05, 4.69) is 45.2 Å². The summed E-state index contributed by atoms with van der Waals surface area (Å²) in [4.78, 5) is 0. The highest BCUT2D eigenvalue weighted by Gasteiger charge is 1.94. The number of hydrogen-bond acceptors (Lipinski definition) is 0. The van der Waals surface area contributed by atoms with Crippen molar-refractivity contribution in [2.24, 2.45) is 0 Å². The van der Waals surface area contributed by atoms with Gasteiger partial charge in [-0.25, -0.2) is 0 Å². The molecule has 0 unspecified atom stereocenters. The fourth-order valence-corrected chi connectivity index (χ4v) is 3.92. The molecular weight excluding hydrogens is 482 g/mol. The van der Waals surface area contributed by atoms with Gasteiger partial charge in [0.25, 0.3) is 0 Å². The fraction of sp³-hybridized carbons (Fsp3) is 1.00. The van der Waals surface area contributed by atoms with E-state index >= 15 is 0 Å². The van der Waals surface area contributed by atoms with Gasteiger partial charge in [-0.1, -0.05) is 141 Å². The summed E-state index contributed by atoms with van der Waals surface area (Å²) in [6.07, 6.45) is 25.1. The summed E-state index contributed by atoms with van der Waals surface area (Å²) in [6, 6.07) is 0. The Morgan fingerprint density at radius 3 is 0.524 bits per heavy atom. The van der Waals surface area contributed by atoms with Crippen LogP contribution >= 0.6 is 45.2 Å². The molecule has 0 nitrogen and oxygen atoms in total. The second-order valence-corrected chi connectivity index (χ2v) is 8.55. The monoisotopic (exact) mass is 520 g/mol. The molecule has 0 saturated heterocycles. The van der Waals surface area contributed by atoms with Crippen LogP contribution in [-0.4, -0.2) is 8.86 Å². The highest BCUT2D eigenvalue weighted by Crippen LogP contribution is 2.14. The van der Waals surface area contributed by atoms with Crippen LogP contribution in [-0.2, 0) is 0 Å². The molecule has 0 aliphatic rings. The second kappa shape index (κ2) is 21.5. The first-order valence-electron chi connectivity index (χ1n) is 9.53. The van der Waals surface area contributed by atoms with Crippen molar-refractivity contribution in [2.45, 2.75) is 109 Å². The van der Waals surface area contributed by atoms with Crippen LogP contribution in [0.1, 0.15) is 109 Å². The van der Waals surface area contributed by atoms with Gasteiger partial charge in [-0.3, -0.25) is 0 Å². The Hall–Kier alpha value is 1.46. The first-order valence-corrected chi connectivity index (χ1v) is 12.6. The van der Waals surface area contributed by atoms with Crippen molar-refractivity contribution in [2.75, 3.05) is 8.86 Å². The van der Waals surface area contributed by atoms with E-state index in [1.807, 2.05) is 0 Å². The van der Waals surface area contributed by atoms with E-state index in [0.717, 1.165) is 0 Å². The minimum absolute atomic E-state index is 1.34. The van der Waals surface area contributed by atoms with Gasteiger partial charge in [0, 0.05) is 0 Å². The second-order valence-electron chi connectivity index (χ2n) is 6.39. The summed E-state index contributed by atoms with van der Waals surface area (Å²) in [5.74, 6) is 0. The molecule has 0 fully saturated rings. The number of hydrogen-bond donors (Lipinski definition) is 0. The minimum Gasteiger partial charge on any atom is -0.0864 e. The maximum atomic E-state index is 2.49. The molecule has 0 bridgehead atoms. The van der Waals surface area contributed by atoms with Crippen molar-refractivity contribution in [1.82, 2.24) is 0 Å². The molecule has 0 saturated carbocycles. The highest BCUT2D eigenvalue weighted by molar-refractivity contribution is 14.1. The van der Waals surface area contributed by atoms with Gasteiger partial charge in [0.15, 0.2) is 0 Å². The molecule has 0 amide bonds. The lowest BCUT2D eigenvalue weighted by Gasteiger charge is -2.03. The molecule has 0 atom stereocenters. The van der Waals surface area contributed by atoms with Gasteiger partial charge in [-0.15, -0.1) is 0 Å². The van der Waals surface area contributed by atoms with Gasteiger partial charge in [-0.05, 0) is 21.7 Å². The topological polar surface area (TPSA) is 0 Å². The highest BCUT2D eigenvalue weighted by atomic mass is 127. The molecule has 0 heterocycles. The normalized spacial score (nSPS) is 11.1. The van der Waals surface area contributed by atoms with Crippen LogP contribution < -0.4 is 0 Å². The molecule has 0 aromatic heterocycles. The predicted octanol–water partition coefficient (Wildman–Crippen LogP) is 8.49. The number of unbranched alkanes of at least 4 members (excludes halogenated alkanes) is 16. The number of rotatable bonds is 18. The lowest BCUT2D eigenvalue weighted by atomic mass is 10.0. The first-order chi connectivity index (χ1) is 10.4. The zero-order valence-corrected chi connectivity index (χ0v) is 18.5. The van der Waals surface area contributed by atoms with E-state index in [1.165, 1.54) is 118 Å². The van der Waals surface area contributed by atoms with Crippen molar-refractivity contribution in [3.63, 3.8) is 0 Å². The van der Waals surface area contributed by atoms with E-state index in [4.69, 9.17) is 0 Å². The summed E-state index contributed by atoms with van der Waals surface area (Å²) >= 11 is 4.98. The molecule has 0 N–H and O–H groups in total. The third-order valence-corrected chi connectivity index (χ3v) is 5.79. The van der Waals surface area contributed by atoms with E-state index in [0.29, 0.717) is 0 Å². The van der Waals surface area contributed by atoms with Gasteiger partial charge < -0.3 is 0 Å². The molecule has 0 aliphatic heterocycles. The van der Waals surface area contributed by atoms with Crippen LogP contribution in [0.3, 0.4) is 0 Å². The lowest BCUT2D eigenvalue weighted by molar-refractivity contribution is 0.529. The molecule has 2 heteroatoms. The summed E-state index contributed by atoms with van der Waals surface area (Å²) in [5, 5.41) is 0. The van der Waals surface area contributed by atoms with Crippen molar-refractivity contribution >= 4 is 45.2 Å². The minimum atomic E-state index is 1.34. The third kappa shape index (κ3) is 21.5. The van der Waals surface area contributed by atoms with Crippen LogP contribution in [0, 0.1) is 0 Å². The van der Waals surface area contributed by atoms with Gasteiger partial charge in [0.2, 0.25) is 0 Å². The van der Waals surface area contributed by atoms with E-state index in [1.54, 1.807) is 0 Å². The average Bonchev–Trinajstić information content (AvgIpc) is 2.50. The van der Waals surface area contributed by atoms with E-state index < -0.39 is 0 Å². The third-order valence-electron chi connectivity index (χ3n) is 4.27. The Morgan fingerprint density at radius 2 is 0.381 bits per heavy atom. The molecule has 0 aliphatic carbocycles. The van der Waals surface area contributed by atoms with Crippen LogP contribution in [0.2, 0.25) is 0 Å². The quantitative estimate of drug-likeness (QED) is 0.0966. The van der Waals surface area contributed by atoms with Crippen LogP contribution in [0.15, 0.2) is 0 Å². The Balaban J connectivity index is 2.90. The zero-order valence-electron chi connectivity index (χ0n) is 14.2.